The van der Waals surface area contributed by atoms with Crippen molar-refractivity contribution >= 4 is 33.8 Å². The molecule has 3 aromatic rings. The van der Waals surface area contributed by atoms with Gasteiger partial charge in [0.05, 0.1) is 5.69 Å². The number of hydrogen-bond acceptors (Lipinski definition) is 6. The third-order valence-electron chi connectivity index (χ3n) is 3.49. The number of hydrogen-bond donors (Lipinski definition) is 1. The first-order chi connectivity index (χ1) is 11.1. The van der Waals surface area contributed by atoms with Crippen molar-refractivity contribution in [2.75, 3.05) is 17.3 Å². The van der Waals surface area contributed by atoms with Gasteiger partial charge in [-0.2, -0.15) is 0 Å². The summed E-state index contributed by atoms with van der Waals surface area (Å²) in [6.07, 6.45) is 1.56. The Morgan fingerprint density at radius 2 is 1.91 bits per heavy atom. The van der Waals surface area contributed by atoms with Gasteiger partial charge in [0.25, 0.3) is 0 Å². The van der Waals surface area contributed by atoms with Crippen molar-refractivity contribution in [1.29, 1.82) is 0 Å². The van der Waals surface area contributed by atoms with Crippen molar-refractivity contribution in [3.63, 3.8) is 0 Å². The van der Waals surface area contributed by atoms with Crippen LogP contribution in [0.5, 0.6) is 0 Å². The smallest absolute Gasteiger partial charge is 0.188 e. The molecule has 6 heteroatoms. The Labute approximate surface area is 140 Å². The van der Waals surface area contributed by atoms with Gasteiger partial charge in [0.2, 0.25) is 0 Å². The molecule has 0 aliphatic carbocycles. The highest BCUT2D eigenvalue weighted by Crippen LogP contribution is 2.26. The third kappa shape index (κ3) is 3.65. The zero-order valence-electron chi connectivity index (χ0n) is 13.4. The van der Waals surface area contributed by atoms with E-state index >= 15 is 0 Å². The molecule has 1 aromatic carbocycles. The van der Waals surface area contributed by atoms with Crippen LogP contribution in [-0.4, -0.2) is 22.0 Å². The highest BCUT2D eigenvalue weighted by atomic mass is 32.1. The quantitative estimate of drug-likeness (QED) is 0.745. The van der Waals surface area contributed by atoms with Crippen LogP contribution in [0.2, 0.25) is 0 Å². The molecule has 0 bridgehead atoms. The van der Waals surface area contributed by atoms with Gasteiger partial charge in [0, 0.05) is 24.2 Å². The predicted octanol–water partition coefficient (Wildman–Crippen LogP) is 4.57. The maximum atomic E-state index is 4.57. The molecule has 0 aliphatic rings. The number of nitrogens with zero attached hydrogens (tertiary/aromatic N) is 4. The lowest BCUT2D eigenvalue weighted by Crippen LogP contribution is -2.11. The van der Waals surface area contributed by atoms with Crippen molar-refractivity contribution in [2.45, 2.75) is 19.8 Å². The predicted molar refractivity (Wildman–Crippen MR) is 96.0 cm³/mol. The first kappa shape index (κ1) is 15.4. The molecule has 0 radical (unpaired) electrons. The summed E-state index contributed by atoms with van der Waals surface area (Å²) in [7, 11) is 1.99. The van der Waals surface area contributed by atoms with Crippen LogP contribution in [0.25, 0.3) is 0 Å². The average Bonchev–Trinajstić information content (AvgIpc) is 3.04. The second-order valence-corrected chi connectivity index (χ2v) is 6.37. The van der Waals surface area contributed by atoms with Crippen molar-refractivity contribution < 1.29 is 0 Å². The molecular weight excluding hydrogens is 306 g/mol. The fraction of sp³-hybridized carbons (Fsp3) is 0.235. The molecule has 0 saturated heterocycles. The van der Waals surface area contributed by atoms with Gasteiger partial charge in [-0.25, -0.2) is 15.0 Å². The van der Waals surface area contributed by atoms with Crippen LogP contribution in [-0.2, 0) is 0 Å². The van der Waals surface area contributed by atoms with Crippen molar-refractivity contribution in [1.82, 2.24) is 15.0 Å². The number of benzene rings is 1. The number of nitrogens with one attached hydrogen (secondary N) is 1. The van der Waals surface area contributed by atoms with Crippen LogP contribution < -0.4 is 10.2 Å². The summed E-state index contributed by atoms with van der Waals surface area (Å²) in [4.78, 5) is 15.2. The fourth-order valence-electron chi connectivity index (χ4n) is 2.10. The molecule has 0 atom stereocenters. The molecule has 5 nitrogen and oxygen atoms in total. The molecule has 3 rings (SSSR count). The highest BCUT2D eigenvalue weighted by molar-refractivity contribution is 7.13. The van der Waals surface area contributed by atoms with E-state index in [0.717, 1.165) is 28.1 Å². The summed E-state index contributed by atoms with van der Waals surface area (Å²) in [5.41, 5.74) is 2.17. The molecule has 23 heavy (non-hydrogen) atoms. The standard InChI is InChI=1S/C17H19N5S/c1-12(2)14-10-23-17(20-14)21-15-9-16(19-11-18-15)22(3)13-7-5-4-6-8-13/h4-12H,1-3H3,(H,18,19,20,21). The Balaban J connectivity index is 1.79. The normalized spacial score (nSPS) is 10.8. The summed E-state index contributed by atoms with van der Waals surface area (Å²) in [6.45, 7) is 4.27. The minimum atomic E-state index is 0.423. The van der Waals surface area contributed by atoms with E-state index in [9.17, 15) is 0 Å². The van der Waals surface area contributed by atoms with Gasteiger partial charge in [-0.05, 0) is 18.1 Å². The lowest BCUT2D eigenvalue weighted by molar-refractivity contribution is 0.834. The monoisotopic (exact) mass is 325 g/mol. The molecule has 0 fully saturated rings. The van der Waals surface area contributed by atoms with E-state index < -0.39 is 0 Å². The lowest BCUT2D eigenvalue weighted by atomic mass is 10.2. The largest absolute Gasteiger partial charge is 0.329 e. The number of anilines is 4. The number of para-hydroxylation sites is 1. The molecule has 0 unspecified atom stereocenters. The van der Waals surface area contributed by atoms with Crippen LogP contribution in [0, 0.1) is 0 Å². The molecule has 0 saturated carbocycles. The molecule has 0 spiro atoms. The molecule has 1 N–H and O–H groups in total. The Kier molecular flexibility index (Phi) is 4.52. The Morgan fingerprint density at radius 1 is 1.13 bits per heavy atom. The molecule has 2 heterocycles. The third-order valence-corrected chi connectivity index (χ3v) is 4.26. The number of aromatic nitrogens is 3. The summed E-state index contributed by atoms with van der Waals surface area (Å²) < 4.78 is 0. The first-order valence-electron chi connectivity index (χ1n) is 7.47. The highest BCUT2D eigenvalue weighted by Gasteiger charge is 2.09. The Morgan fingerprint density at radius 3 is 2.61 bits per heavy atom. The zero-order chi connectivity index (χ0) is 16.2. The minimum Gasteiger partial charge on any atom is -0.329 e. The van der Waals surface area contributed by atoms with E-state index in [1.165, 1.54) is 0 Å². The molecule has 0 aliphatic heterocycles. The molecule has 118 valence electrons. The van der Waals surface area contributed by atoms with Gasteiger partial charge in [-0.3, -0.25) is 0 Å². The molecular formula is C17H19N5S. The van der Waals surface area contributed by atoms with Crippen LogP contribution in [0.1, 0.15) is 25.5 Å². The van der Waals surface area contributed by atoms with Crippen molar-refractivity contribution in [2.24, 2.45) is 0 Å². The number of thiazole rings is 1. The second kappa shape index (κ2) is 6.75. The lowest BCUT2D eigenvalue weighted by Gasteiger charge is -2.18. The SMILES string of the molecule is CC(C)c1csc(Nc2cc(N(C)c3ccccc3)ncn2)n1. The van der Waals surface area contributed by atoms with E-state index in [2.05, 4.69) is 39.5 Å². The van der Waals surface area contributed by atoms with Gasteiger partial charge in [0.15, 0.2) is 5.13 Å². The maximum Gasteiger partial charge on any atom is 0.188 e. The van der Waals surface area contributed by atoms with Crippen LogP contribution in [0.3, 0.4) is 0 Å². The van der Waals surface area contributed by atoms with Crippen molar-refractivity contribution in [3.05, 3.63) is 53.8 Å². The Hall–Kier alpha value is -2.47. The summed E-state index contributed by atoms with van der Waals surface area (Å²) in [6, 6.07) is 12.0. The summed E-state index contributed by atoms with van der Waals surface area (Å²) >= 11 is 1.59. The van der Waals surface area contributed by atoms with Gasteiger partial charge < -0.3 is 10.2 Å². The van der Waals surface area contributed by atoms with Gasteiger partial charge >= 0.3 is 0 Å². The van der Waals surface area contributed by atoms with Crippen LogP contribution >= 0.6 is 11.3 Å². The topological polar surface area (TPSA) is 53.9 Å². The van der Waals surface area contributed by atoms with Crippen molar-refractivity contribution in [3.8, 4) is 0 Å². The van der Waals surface area contributed by atoms with E-state index in [1.807, 2.05) is 48.3 Å². The summed E-state index contributed by atoms with van der Waals surface area (Å²) in [5.74, 6) is 1.99. The van der Waals surface area contributed by atoms with Crippen LogP contribution in [0.15, 0.2) is 48.1 Å². The van der Waals surface area contributed by atoms with E-state index in [-0.39, 0.29) is 0 Å². The van der Waals surface area contributed by atoms with E-state index in [4.69, 9.17) is 0 Å². The maximum absolute atomic E-state index is 4.57. The molecule has 2 aromatic heterocycles. The zero-order valence-corrected chi connectivity index (χ0v) is 14.2. The van der Waals surface area contributed by atoms with Gasteiger partial charge in [-0.1, -0.05) is 32.0 Å². The average molecular weight is 325 g/mol. The first-order valence-corrected chi connectivity index (χ1v) is 8.34. The van der Waals surface area contributed by atoms with Gasteiger partial charge in [0.1, 0.15) is 18.0 Å². The van der Waals surface area contributed by atoms with E-state index in [0.29, 0.717) is 5.92 Å². The summed E-state index contributed by atoms with van der Waals surface area (Å²) in [5, 5.41) is 6.18. The number of rotatable bonds is 5. The van der Waals surface area contributed by atoms with Crippen LogP contribution in [0.4, 0.5) is 22.5 Å². The Bertz CT molecular complexity index is 769. The second-order valence-electron chi connectivity index (χ2n) is 5.51. The van der Waals surface area contributed by atoms with Gasteiger partial charge in [-0.15, -0.1) is 11.3 Å². The minimum absolute atomic E-state index is 0.423. The van der Waals surface area contributed by atoms with E-state index in [1.54, 1.807) is 17.7 Å². The fourth-order valence-corrected chi connectivity index (χ4v) is 2.98. The molecule has 0 amide bonds.